The zero-order chi connectivity index (χ0) is 8.97. The molecular formula is C8H7ClN2O. The van der Waals surface area contributed by atoms with Gasteiger partial charge in [-0.2, -0.15) is 5.10 Å². The Morgan fingerprint density at radius 3 is 2.42 bits per heavy atom. The molecule has 2 N–H and O–H groups in total. The number of hydrazone groups is 1. The summed E-state index contributed by atoms with van der Waals surface area (Å²) in [7, 11) is 0. The molecule has 1 aromatic rings. The number of carbonyl (C=O) groups is 1. The Morgan fingerprint density at radius 2 is 2.00 bits per heavy atom. The minimum absolute atomic E-state index is 0.464. The van der Waals surface area contributed by atoms with E-state index in [1.807, 2.05) is 0 Å². The Kier molecular flexibility index (Phi) is 2.82. The van der Waals surface area contributed by atoms with E-state index in [0.29, 0.717) is 5.56 Å². The normalized spacial score (nSPS) is 10.4. The number of halogens is 1. The summed E-state index contributed by atoms with van der Waals surface area (Å²) in [5.74, 6) is 4.93. The van der Waals surface area contributed by atoms with Crippen LogP contribution in [0.4, 0.5) is 0 Å². The lowest BCUT2D eigenvalue weighted by Gasteiger charge is -1.93. The van der Waals surface area contributed by atoms with Crippen LogP contribution >= 0.6 is 11.6 Å². The fraction of sp³-hybridized carbons (Fsp3) is 0. The molecule has 0 aromatic heterocycles. The second-order valence-electron chi connectivity index (χ2n) is 2.17. The molecule has 0 fully saturated rings. The summed E-state index contributed by atoms with van der Waals surface area (Å²) in [6.07, 6.45) is 1.49. The first-order valence-corrected chi connectivity index (χ1v) is 3.65. The van der Waals surface area contributed by atoms with Crippen molar-refractivity contribution in [1.82, 2.24) is 0 Å². The van der Waals surface area contributed by atoms with Gasteiger partial charge in [-0.1, -0.05) is 12.1 Å². The summed E-state index contributed by atoms with van der Waals surface area (Å²) >= 11 is 5.24. The van der Waals surface area contributed by atoms with E-state index in [0.717, 1.165) is 5.56 Å². The largest absolute Gasteiger partial charge is 0.323 e. The molecular weight excluding hydrogens is 176 g/mol. The predicted octanol–water partition coefficient (Wildman–Crippen LogP) is 1.36. The Hall–Kier alpha value is -1.35. The van der Waals surface area contributed by atoms with Crippen molar-refractivity contribution in [3.8, 4) is 0 Å². The maximum absolute atomic E-state index is 10.6. The molecule has 0 aliphatic carbocycles. The molecule has 0 spiro atoms. The predicted molar refractivity (Wildman–Crippen MR) is 48.4 cm³/mol. The van der Waals surface area contributed by atoms with Crippen molar-refractivity contribution in [3.63, 3.8) is 0 Å². The van der Waals surface area contributed by atoms with E-state index in [1.54, 1.807) is 24.3 Å². The van der Waals surface area contributed by atoms with Gasteiger partial charge < -0.3 is 5.84 Å². The van der Waals surface area contributed by atoms with Gasteiger partial charge in [0.1, 0.15) is 0 Å². The van der Waals surface area contributed by atoms with Gasteiger partial charge in [0, 0.05) is 5.56 Å². The molecule has 3 nitrogen and oxygen atoms in total. The number of rotatable bonds is 2. The molecule has 0 amide bonds. The minimum atomic E-state index is -0.466. The number of hydrogen-bond acceptors (Lipinski definition) is 3. The lowest BCUT2D eigenvalue weighted by atomic mass is 10.2. The fourth-order valence-corrected chi connectivity index (χ4v) is 0.912. The monoisotopic (exact) mass is 182 g/mol. The second-order valence-corrected chi connectivity index (χ2v) is 2.52. The molecule has 0 saturated heterocycles. The number of nitrogens with zero attached hydrogens (tertiary/aromatic N) is 1. The maximum Gasteiger partial charge on any atom is 0.252 e. The molecule has 62 valence electrons. The van der Waals surface area contributed by atoms with Crippen LogP contribution in [0.1, 0.15) is 15.9 Å². The molecule has 4 heteroatoms. The standard InChI is InChI=1S/C8H7ClN2O/c9-8(12)7-3-1-6(2-4-7)5-11-10/h1-5H,10H2. The number of hydrogen-bond donors (Lipinski definition) is 1. The SMILES string of the molecule is NN=Cc1ccc(C(=O)Cl)cc1. The lowest BCUT2D eigenvalue weighted by molar-refractivity contribution is 0.108. The number of nitrogens with two attached hydrogens (primary N) is 1. The first-order chi connectivity index (χ1) is 5.74. The molecule has 0 heterocycles. The highest BCUT2D eigenvalue weighted by molar-refractivity contribution is 6.67. The first-order valence-electron chi connectivity index (χ1n) is 3.27. The highest BCUT2D eigenvalue weighted by atomic mass is 35.5. The third-order valence-electron chi connectivity index (χ3n) is 1.36. The Balaban J connectivity index is 2.93. The quantitative estimate of drug-likeness (QED) is 0.325. The van der Waals surface area contributed by atoms with Crippen LogP contribution in [-0.4, -0.2) is 11.5 Å². The Labute approximate surface area is 74.8 Å². The molecule has 0 radical (unpaired) electrons. The highest BCUT2D eigenvalue weighted by Gasteiger charge is 1.98. The van der Waals surface area contributed by atoms with Crippen LogP contribution in [0.15, 0.2) is 29.4 Å². The van der Waals surface area contributed by atoms with Gasteiger partial charge in [0.2, 0.25) is 0 Å². The molecule has 12 heavy (non-hydrogen) atoms. The van der Waals surface area contributed by atoms with Crippen molar-refractivity contribution in [2.75, 3.05) is 0 Å². The molecule has 0 aliphatic heterocycles. The van der Waals surface area contributed by atoms with E-state index in [4.69, 9.17) is 17.4 Å². The summed E-state index contributed by atoms with van der Waals surface area (Å²) in [5, 5.41) is 2.87. The zero-order valence-corrected chi connectivity index (χ0v) is 6.95. The number of carbonyl (C=O) groups excluding carboxylic acids is 1. The van der Waals surface area contributed by atoms with E-state index in [-0.39, 0.29) is 0 Å². The van der Waals surface area contributed by atoms with Crippen LogP contribution < -0.4 is 5.84 Å². The van der Waals surface area contributed by atoms with Gasteiger partial charge in [-0.15, -0.1) is 0 Å². The van der Waals surface area contributed by atoms with Crippen molar-refractivity contribution in [2.24, 2.45) is 10.9 Å². The van der Waals surface area contributed by atoms with E-state index >= 15 is 0 Å². The van der Waals surface area contributed by atoms with Crippen molar-refractivity contribution in [2.45, 2.75) is 0 Å². The van der Waals surface area contributed by atoms with Gasteiger partial charge in [0.05, 0.1) is 6.21 Å². The van der Waals surface area contributed by atoms with Crippen molar-refractivity contribution in [3.05, 3.63) is 35.4 Å². The van der Waals surface area contributed by atoms with E-state index in [9.17, 15) is 4.79 Å². The molecule has 0 atom stereocenters. The number of benzene rings is 1. The smallest absolute Gasteiger partial charge is 0.252 e. The van der Waals surface area contributed by atoms with Crippen LogP contribution in [0.3, 0.4) is 0 Å². The van der Waals surface area contributed by atoms with Crippen LogP contribution in [0.5, 0.6) is 0 Å². The topological polar surface area (TPSA) is 55.4 Å². The van der Waals surface area contributed by atoms with Crippen LogP contribution in [0.25, 0.3) is 0 Å². The maximum atomic E-state index is 10.6. The highest BCUT2D eigenvalue weighted by Crippen LogP contribution is 2.05. The van der Waals surface area contributed by atoms with Crippen LogP contribution in [-0.2, 0) is 0 Å². The average Bonchev–Trinajstić information content (AvgIpc) is 2.06. The van der Waals surface area contributed by atoms with Crippen molar-refractivity contribution < 1.29 is 4.79 Å². The first kappa shape index (κ1) is 8.74. The fourth-order valence-electron chi connectivity index (χ4n) is 0.786. The summed E-state index contributed by atoms with van der Waals surface area (Å²) < 4.78 is 0. The zero-order valence-electron chi connectivity index (χ0n) is 6.20. The summed E-state index contributed by atoms with van der Waals surface area (Å²) in [6.45, 7) is 0. The Bertz CT molecular complexity index is 305. The van der Waals surface area contributed by atoms with Gasteiger partial charge in [0.15, 0.2) is 0 Å². The van der Waals surface area contributed by atoms with Crippen molar-refractivity contribution in [1.29, 1.82) is 0 Å². The molecule has 0 saturated carbocycles. The van der Waals surface area contributed by atoms with E-state index < -0.39 is 5.24 Å². The second kappa shape index (κ2) is 3.88. The summed E-state index contributed by atoms with van der Waals surface area (Å²) in [5.41, 5.74) is 1.30. The van der Waals surface area contributed by atoms with Gasteiger partial charge in [0.25, 0.3) is 5.24 Å². The van der Waals surface area contributed by atoms with Gasteiger partial charge in [-0.25, -0.2) is 0 Å². The van der Waals surface area contributed by atoms with Crippen molar-refractivity contribution >= 4 is 23.1 Å². The lowest BCUT2D eigenvalue weighted by Crippen LogP contribution is -1.90. The average molecular weight is 183 g/mol. The van der Waals surface area contributed by atoms with E-state index in [2.05, 4.69) is 5.10 Å². The summed E-state index contributed by atoms with van der Waals surface area (Å²) in [4.78, 5) is 10.6. The molecule has 0 aliphatic rings. The van der Waals surface area contributed by atoms with Crippen LogP contribution in [0.2, 0.25) is 0 Å². The minimum Gasteiger partial charge on any atom is -0.323 e. The van der Waals surface area contributed by atoms with Gasteiger partial charge in [-0.3, -0.25) is 4.79 Å². The third-order valence-corrected chi connectivity index (χ3v) is 1.58. The molecule has 0 unspecified atom stereocenters. The third kappa shape index (κ3) is 2.07. The van der Waals surface area contributed by atoms with Gasteiger partial charge in [-0.05, 0) is 29.3 Å². The molecule has 1 rings (SSSR count). The molecule has 1 aromatic carbocycles. The Morgan fingerprint density at radius 1 is 1.42 bits per heavy atom. The van der Waals surface area contributed by atoms with E-state index in [1.165, 1.54) is 6.21 Å². The van der Waals surface area contributed by atoms with Gasteiger partial charge >= 0.3 is 0 Å². The van der Waals surface area contributed by atoms with Crippen LogP contribution in [0, 0.1) is 0 Å². The summed E-state index contributed by atoms with van der Waals surface area (Å²) in [6, 6.07) is 6.66. The molecule has 0 bridgehead atoms.